The van der Waals surface area contributed by atoms with E-state index in [0.29, 0.717) is 6.04 Å². The summed E-state index contributed by atoms with van der Waals surface area (Å²) < 4.78 is 0. The van der Waals surface area contributed by atoms with Crippen LogP contribution in [0.5, 0.6) is 0 Å². The molecule has 4 unspecified atom stereocenters. The molecule has 1 saturated heterocycles. The number of rotatable bonds is 7. The molecule has 0 spiro atoms. The average Bonchev–Trinajstić information content (AvgIpc) is 2.95. The Morgan fingerprint density at radius 3 is 2.55 bits per heavy atom. The largest absolute Gasteiger partial charge is 0.314 e. The van der Waals surface area contributed by atoms with Gasteiger partial charge in [-0.3, -0.25) is 0 Å². The Hall–Kier alpha value is -0.120. The van der Waals surface area contributed by atoms with E-state index >= 15 is 0 Å². The van der Waals surface area contributed by atoms with E-state index < -0.39 is 0 Å². The van der Waals surface area contributed by atoms with E-state index in [1.54, 1.807) is 0 Å². The highest BCUT2D eigenvalue weighted by atomic mass is 15.1. The van der Waals surface area contributed by atoms with Gasteiger partial charge in [0.15, 0.2) is 0 Å². The lowest BCUT2D eigenvalue weighted by atomic mass is 9.92. The first-order chi connectivity index (χ1) is 9.56. The van der Waals surface area contributed by atoms with Crippen LogP contribution in [-0.4, -0.2) is 50.2 Å². The van der Waals surface area contributed by atoms with Crippen molar-refractivity contribution in [2.75, 3.05) is 27.2 Å². The van der Waals surface area contributed by atoms with Gasteiger partial charge in [-0.15, -0.1) is 0 Å². The van der Waals surface area contributed by atoms with Gasteiger partial charge in [-0.2, -0.15) is 0 Å². The van der Waals surface area contributed by atoms with Crippen molar-refractivity contribution < 1.29 is 0 Å². The molecule has 3 heteroatoms. The van der Waals surface area contributed by atoms with Gasteiger partial charge in [-0.25, -0.2) is 0 Å². The zero-order valence-corrected chi connectivity index (χ0v) is 14.0. The van der Waals surface area contributed by atoms with E-state index in [9.17, 15) is 0 Å². The van der Waals surface area contributed by atoms with Crippen LogP contribution in [0.1, 0.15) is 52.4 Å². The van der Waals surface area contributed by atoms with Gasteiger partial charge in [0, 0.05) is 24.7 Å². The van der Waals surface area contributed by atoms with Gasteiger partial charge in [-0.05, 0) is 64.6 Å². The van der Waals surface area contributed by atoms with Crippen molar-refractivity contribution >= 4 is 0 Å². The minimum absolute atomic E-state index is 0.650. The summed E-state index contributed by atoms with van der Waals surface area (Å²) in [6.07, 6.45) is 8.28. The Labute approximate surface area is 125 Å². The molecule has 1 aliphatic carbocycles. The highest BCUT2D eigenvalue weighted by Gasteiger charge is 2.35. The van der Waals surface area contributed by atoms with Crippen molar-refractivity contribution in [2.45, 2.75) is 70.5 Å². The summed E-state index contributed by atoms with van der Waals surface area (Å²) in [6.45, 7) is 7.09. The molecule has 3 nitrogen and oxygen atoms in total. The molecule has 0 bridgehead atoms. The number of nitrogens with one attached hydrogen (secondary N) is 2. The monoisotopic (exact) mass is 281 g/mol. The van der Waals surface area contributed by atoms with E-state index in [0.717, 1.165) is 23.9 Å². The first-order valence-corrected chi connectivity index (χ1v) is 8.70. The zero-order valence-electron chi connectivity index (χ0n) is 14.0. The molecule has 0 aromatic rings. The first kappa shape index (κ1) is 16.3. The molecule has 20 heavy (non-hydrogen) atoms. The molecule has 0 aromatic heterocycles. The van der Waals surface area contributed by atoms with Crippen LogP contribution in [0, 0.1) is 11.8 Å². The summed E-state index contributed by atoms with van der Waals surface area (Å²) in [5.41, 5.74) is 0. The molecular formula is C17H35N3. The second-order valence-corrected chi connectivity index (χ2v) is 7.66. The number of nitrogens with zero attached hydrogens (tertiary/aromatic N) is 1. The Bertz CT molecular complexity index is 261. The van der Waals surface area contributed by atoms with Gasteiger partial charge in [0.2, 0.25) is 0 Å². The number of hydrogen-bond acceptors (Lipinski definition) is 3. The van der Waals surface area contributed by atoms with Crippen LogP contribution < -0.4 is 10.6 Å². The summed E-state index contributed by atoms with van der Waals surface area (Å²) in [4.78, 5) is 2.33. The molecule has 0 aromatic carbocycles. The topological polar surface area (TPSA) is 27.3 Å². The third-order valence-electron chi connectivity index (χ3n) is 4.98. The van der Waals surface area contributed by atoms with Gasteiger partial charge >= 0.3 is 0 Å². The molecule has 2 aliphatic rings. The van der Waals surface area contributed by atoms with Crippen molar-refractivity contribution in [1.82, 2.24) is 15.5 Å². The van der Waals surface area contributed by atoms with Crippen LogP contribution in [0.4, 0.5) is 0 Å². The van der Waals surface area contributed by atoms with Crippen LogP contribution in [0.25, 0.3) is 0 Å². The molecule has 2 rings (SSSR count). The SMILES string of the molecule is CC(C)CC(CN(C)C)NC1CCCC1C1CCCN1. The van der Waals surface area contributed by atoms with Crippen LogP contribution in [0.3, 0.4) is 0 Å². The fourth-order valence-corrected chi connectivity index (χ4v) is 4.26. The smallest absolute Gasteiger partial charge is 0.0199 e. The van der Waals surface area contributed by atoms with Crippen molar-refractivity contribution in [3.8, 4) is 0 Å². The molecule has 4 atom stereocenters. The van der Waals surface area contributed by atoms with Gasteiger partial charge in [0.25, 0.3) is 0 Å². The van der Waals surface area contributed by atoms with Crippen molar-refractivity contribution in [2.24, 2.45) is 11.8 Å². The van der Waals surface area contributed by atoms with Gasteiger partial charge in [0.1, 0.15) is 0 Å². The van der Waals surface area contributed by atoms with Crippen LogP contribution in [0.15, 0.2) is 0 Å². The third kappa shape index (κ3) is 4.71. The lowest BCUT2D eigenvalue weighted by Gasteiger charge is -2.32. The van der Waals surface area contributed by atoms with Crippen molar-refractivity contribution in [3.63, 3.8) is 0 Å². The maximum absolute atomic E-state index is 4.02. The second kappa shape index (κ2) is 7.77. The molecular weight excluding hydrogens is 246 g/mol. The van der Waals surface area contributed by atoms with E-state index in [1.807, 2.05) is 0 Å². The molecule has 118 valence electrons. The van der Waals surface area contributed by atoms with E-state index in [-0.39, 0.29) is 0 Å². The quantitative estimate of drug-likeness (QED) is 0.751. The van der Waals surface area contributed by atoms with Gasteiger partial charge in [0.05, 0.1) is 0 Å². The Morgan fingerprint density at radius 1 is 1.15 bits per heavy atom. The standard InChI is InChI=1S/C17H35N3/c1-13(2)11-14(12-20(3)4)19-17-8-5-7-15(17)16-9-6-10-18-16/h13-19H,5-12H2,1-4H3. The summed E-state index contributed by atoms with van der Waals surface area (Å²) in [5, 5.41) is 7.76. The lowest BCUT2D eigenvalue weighted by Crippen LogP contribution is -2.49. The summed E-state index contributed by atoms with van der Waals surface area (Å²) in [5.74, 6) is 1.64. The van der Waals surface area contributed by atoms with Crippen LogP contribution in [-0.2, 0) is 0 Å². The summed E-state index contributed by atoms with van der Waals surface area (Å²) >= 11 is 0. The van der Waals surface area contributed by atoms with E-state index in [4.69, 9.17) is 0 Å². The molecule has 2 fully saturated rings. The molecule has 0 amide bonds. The zero-order chi connectivity index (χ0) is 14.5. The summed E-state index contributed by atoms with van der Waals surface area (Å²) in [6, 6.07) is 2.18. The second-order valence-electron chi connectivity index (χ2n) is 7.66. The number of likely N-dealkylation sites (N-methyl/N-ethyl adjacent to an activating group) is 1. The number of hydrogen-bond donors (Lipinski definition) is 2. The predicted octanol–water partition coefficient (Wildman–Crippen LogP) is 2.47. The molecule has 1 aliphatic heterocycles. The minimum Gasteiger partial charge on any atom is -0.314 e. The van der Waals surface area contributed by atoms with E-state index in [1.165, 1.54) is 51.6 Å². The minimum atomic E-state index is 0.650. The fraction of sp³-hybridized carbons (Fsp3) is 1.00. The first-order valence-electron chi connectivity index (χ1n) is 8.70. The maximum atomic E-state index is 4.02. The fourth-order valence-electron chi connectivity index (χ4n) is 4.26. The summed E-state index contributed by atoms with van der Waals surface area (Å²) in [7, 11) is 4.39. The Kier molecular flexibility index (Phi) is 6.31. The lowest BCUT2D eigenvalue weighted by molar-refractivity contribution is 0.246. The van der Waals surface area contributed by atoms with Crippen molar-refractivity contribution in [1.29, 1.82) is 0 Å². The van der Waals surface area contributed by atoms with Crippen LogP contribution in [0.2, 0.25) is 0 Å². The molecule has 1 heterocycles. The normalized spacial score (nSPS) is 32.4. The van der Waals surface area contributed by atoms with Gasteiger partial charge < -0.3 is 15.5 Å². The van der Waals surface area contributed by atoms with Gasteiger partial charge in [-0.1, -0.05) is 20.3 Å². The maximum Gasteiger partial charge on any atom is 0.0199 e. The highest BCUT2D eigenvalue weighted by Crippen LogP contribution is 2.32. The highest BCUT2D eigenvalue weighted by molar-refractivity contribution is 4.94. The van der Waals surface area contributed by atoms with Crippen molar-refractivity contribution in [3.05, 3.63) is 0 Å². The predicted molar refractivity (Wildman–Crippen MR) is 87.1 cm³/mol. The molecule has 0 radical (unpaired) electrons. The third-order valence-corrected chi connectivity index (χ3v) is 4.98. The Balaban J connectivity index is 1.89. The average molecular weight is 281 g/mol. The molecule has 2 N–H and O–H groups in total. The van der Waals surface area contributed by atoms with E-state index in [2.05, 4.69) is 43.5 Å². The van der Waals surface area contributed by atoms with Crippen LogP contribution >= 0.6 is 0 Å². The molecule has 1 saturated carbocycles. The Morgan fingerprint density at radius 2 is 1.95 bits per heavy atom.